The minimum Gasteiger partial charge on any atom is -0.493 e. The molecule has 13 nitrogen and oxygen atoms in total. The van der Waals surface area contributed by atoms with E-state index in [0.29, 0.717) is 76.9 Å². The Morgan fingerprint density at radius 1 is 0.707 bits per heavy atom. The first-order valence-electron chi connectivity index (χ1n) is 19.1. The van der Waals surface area contributed by atoms with E-state index < -0.39 is 5.97 Å². The molecule has 2 atom stereocenters. The molecule has 4 aliphatic rings. The Morgan fingerprint density at radius 2 is 1.24 bits per heavy atom. The number of fused-ring (bicyclic) bond motifs is 4. The molecular weight excluding hydrogens is 739 g/mol. The van der Waals surface area contributed by atoms with Crippen LogP contribution in [0.5, 0.6) is 23.0 Å². The molecule has 4 heterocycles. The van der Waals surface area contributed by atoms with Crippen molar-refractivity contribution in [3.05, 3.63) is 113 Å². The summed E-state index contributed by atoms with van der Waals surface area (Å²) in [6.45, 7) is 0.579. The van der Waals surface area contributed by atoms with Crippen LogP contribution < -0.4 is 24.3 Å². The standard InChI is InChI=1S/C45H43N5O8/c1-46-32-13-10-28(11-14-32)31-18-34-24-48-38-22-42(40(55-3)20-36(38)44(52)50(34)26-31)58-17-5-16-57-41-21-37-35(19-39(41)54-2)43(51)49-25-30(12-15-33(49)23-47-37)27-6-8-29(9-7-27)45(53)56-4/h6-11,13-14,19-26,33-34,46H,5,12,15-18H2,1-4H3. The number of allylic oxidation sites excluding steroid dienone is 1. The first kappa shape index (κ1) is 38.0. The van der Waals surface area contributed by atoms with E-state index >= 15 is 0 Å². The van der Waals surface area contributed by atoms with E-state index in [0.717, 1.165) is 34.4 Å². The Bertz CT molecular complexity index is 2390. The largest absolute Gasteiger partial charge is 0.493 e. The van der Waals surface area contributed by atoms with Crippen molar-refractivity contribution >= 4 is 58.4 Å². The molecule has 0 aromatic heterocycles. The third-order valence-electron chi connectivity index (χ3n) is 10.7. The molecular formula is C45H43N5O8. The highest BCUT2D eigenvalue weighted by Crippen LogP contribution is 2.41. The predicted molar refractivity (Wildman–Crippen MR) is 221 cm³/mol. The van der Waals surface area contributed by atoms with Crippen LogP contribution in [0.15, 0.2) is 95.2 Å². The molecule has 0 saturated carbocycles. The van der Waals surface area contributed by atoms with Crippen LogP contribution in [-0.4, -0.2) is 93.7 Å². The number of ether oxygens (including phenoxy) is 5. The highest BCUT2D eigenvalue weighted by atomic mass is 16.5. The average Bonchev–Trinajstić information content (AvgIpc) is 3.59. The molecule has 0 fully saturated rings. The molecule has 0 saturated heterocycles. The molecule has 1 N–H and O–H groups in total. The van der Waals surface area contributed by atoms with Gasteiger partial charge in [0, 0.05) is 62.5 Å². The zero-order chi connectivity index (χ0) is 40.3. The second kappa shape index (κ2) is 16.3. The van der Waals surface area contributed by atoms with Crippen molar-refractivity contribution in [2.75, 3.05) is 46.9 Å². The molecule has 8 rings (SSSR count). The van der Waals surface area contributed by atoms with E-state index in [1.54, 1.807) is 59.5 Å². The molecule has 0 bridgehead atoms. The summed E-state index contributed by atoms with van der Waals surface area (Å²) in [6, 6.07) is 21.7. The molecule has 0 radical (unpaired) electrons. The van der Waals surface area contributed by atoms with Crippen molar-refractivity contribution < 1.29 is 38.1 Å². The van der Waals surface area contributed by atoms with Crippen LogP contribution in [-0.2, 0) is 4.74 Å². The quantitative estimate of drug-likeness (QED) is 0.113. The fourth-order valence-electron chi connectivity index (χ4n) is 7.53. The predicted octanol–water partition coefficient (Wildman–Crippen LogP) is 7.71. The van der Waals surface area contributed by atoms with Crippen LogP contribution in [0.2, 0.25) is 0 Å². The maximum Gasteiger partial charge on any atom is 0.337 e. The van der Waals surface area contributed by atoms with Crippen LogP contribution in [0, 0.1) is 0 Å². The molecule has 0 spiro atoms. The molecule has 296 valence electrons. The number of methoxy groups -OCH3 is 3. The molecule has 4 aromatic carbocycles. The van der Waals surface area contributed by atoms with Crippen molar-refractivity contribution in [2.45, 2.75) is 37.8 Å². The maximum absolute atomic E-state index is 13.9. The van der Waals surface area contributed by atoms with Gasteiger partial charge in [0.25, 0.3) is 11.8 Å². The fourth-order valence-corrected chi connectivity index (χ4v) is 7.53. The Labute approximate surface area is 336 Å². The lowest BCUT2D eigenvalue weighted by atomic mass is 9.94. The summed E-state index contributed by atoms with van der Waals surface area (Å²) >= 11 is 0. The molecule has 2 unspecified atom stereocenters. The van der Waals surface area contributed by atoms with Gasteiger partial charge in [-0.3, -0.25) is 19.6 Å². The number of aliphatic imine (C=N–C) groups is 2. The van der Waals surface area contributed by atoms with E-state index in [1.165, 1.54) is 14.2 Å². The highest BCUT2D eigenvalue weighted by Gasteiger charge is 2.34. The number of rotatable bonds is 12. The minimum absolute atomic E-state index is 0.153. The summed E-state index contributed by atoms with van der Waals surface area (Å²) in [4.78, 5) is 52.5. The SMILES string of the molecule is CNc1ccc(C2=CN3C(=O)c4cc(OC)c(OCCCOc5cc6c(cc5OC)C(=O)N5C=C(c7ccc(C(=O)OC)cc7)CCC5C=N6)cc4N=CC3C2)cc1. The Hall–Kier alpha value is -6.89. The van der Waals surface area contributed by atoms with Crippen LogP contribution in [0.3, 0.4) is 0 Å². The number of nitrogens with one attached hydrogen (secondary N) is 1. The van der Waals surface area contributed by atoms with Gasteiger partial charge < -0.3 is 38.8 Å². The monoisotopic (exact) mass is 781 g/mol. The van der Waals surface area contributed by atoms with Crippen molar-refractivity contribution in [3.63, 3.8) is 0 Å². The van der Waals surface area contributed by atoms with Gasteiger partial charge in [-0.15, -0.1) is 0 Å². The van der Waals surface area contributed by atoms with E-state index in [1.807, 2.05) is 62.1 Å². The molecule has 2 amide bonds. The summed E-state index contributed by atoms with van der Waals surface area (Å²) in [5, 5.41) is 3.13. The third kappa shape index (κ3) is 7.38. The Balaban J connectivity index is 0.910. The maximum atomic E-state index is 13.9. The summed E-state index contributed by atoms with van der Waals surface area (Å²) < 4.78 is 28.4. The van der Waals surface area contributed by atoms with Crippen LogP contribution in [0.25, 0.3) is 11.1 Å². The second-order valence-corrected chi connectivity index (χ2v) is 14.2. The first-order valence-corrected chi connectivity index (χ1v) is 19.1. The van der Waals surface area contributed by atoms with Gasteiger partial charge in [-0.05, 0) is 71.5 Å². The lowest BCUT2D eigenvalue weighted by Gasteiger charge is -2.31. The lowest BCUT2D eigenvalue weighted by molar-refractivity contribution is 0.0600. The van der Waals surface area contributed by atoms with Crippen molar-refractivity contribution in [1.29, 1.82) is 0 Å². The van der Waals surface area contributed by atoms with Gasteiger partial charge in [0.1, 0.15) is 0 Å². The van der Waals surface area contributed by atoms with E-state index in [2.05, 4.69) is 5.32 Å². The Kier molecular flexibility index (Phi) is 10.7. The number of carbonyl (C=O) groups excluding carboxylic acids is 3. The highest BCUT2D eigenvalue weighted by molar-refractivity contribution is 6.06. The van der Waals surface area contributed by atoms with Gasteiger partial charge in [-0.25, -0.2) is 4.79 Å². The normalized spacial score (nSPS) is 17.8. The minimum atomic E-state index is -0.400. The van der Waals surface area contributed by atoms with Crippen LogP contribution in [0.1, 0.15) is 67.9 Å². The summed E-state index contributed by atoms with van der Waals surface area (Å²) in [5.41, 5.74) is 7.37. The lowest BCUT2D eigenvalue weighted by Crippen LogP contribution is -2.38. The van der Waals surface area contributed by atoms with Crippen molar-refractivity contribution in [2.24, 2.45) is 9.98 Å². The zero-order valence-electron chi connectivity index (χ0n) is 32.7. The summed E-state index contributed by atoms with van der Waals surface area (Å²) in [5.74, 6) is 1.01. The molecule has 0 aliphatic carbocycles. The number of carbonyl (C=O) groups is 3. The number of benzene rings is 4. The number of amides is 2. The van der Waals surface area contributed by atoms with Gasteiger partial charge in [-0.2, -0.15) is 0 Å². The summed E-state index contributed by atoms with van der Waals surface area (Å²) in [7, 11) is 6.30. The van der Waals surface area contributed by atoms with E-state index in [4.69, 9.17) is 33.7 Å². The number of nitrogens with zero attached hydrogens (tertiary/aromatic N) is 4. The van der Waals surface area contributed by atoms with E-state index in [-0.39, 0.29) is 30.5 Å². The number of hydrogen-bond acceptors (Lipinski definition) is 11. The van der Waals surface area contributed by atoms with Gasteiger partial charge >= 0.3 is 5.97 Å². The Morgan fingerprint density at radius 3 is 1.81 bits per heavy atom. The van der Waals surface area contributed by atoms with Crippen molar-refractivity contribution in [3.8, 4) is 23.0 Å². The summed E-state index contributed by atoms with van der Waals surface area (Å²) in [6.07, 6.45) is 10.00. The molecule has 13 heteroatoms. The number of anilines is 1. The second-order valence-electron chi connectivity index (χ2n) is 14.2. The van der Waals surface area contributed by atoms with Gasteiger partial charge in [0.05, 0.1) is 74.7 Å². The van der Waals surface area contributed by atoms with Gasteiger partial charge in [0.15, 0.2) is 23.0 Å². The smallest absolute Gasteiger partial charge is 0.337 e. The molecule has 4 aromatic rings. The van der Waals surface area contributed by atoms with Crippen LogP contribution >= 0.6 is 0 Å². The van der Waals surface area contributed by atoms with Gasteiger partial charge in [0.2, 0.25) is 0 Å². The van der Waals surface area contributed by atoms with E-state index in [9.17, 15) is 14.4 Å². The van der Waals surface area contributed by atoms with Gasteiger partial charge in [-0.1, -0.05) is 24.3 Å². The topological polar surface area (TPSA) is 141 Å². The number of hydrogen-bond donors (Lipinski definition) is 1. The third-order valence-corrected chi connectivity index (χ3v) is 10.7. The van der Waals surface area contributed by atoms with Crippen molar-refractivity contribution in [1.82, 2.24) is 9.80 Å². The first-order chi connectivity index (χ1) is 28.3. The average molecular weight is 782 g/mol. The molecule has 58 heavy (non-hydrogen) atoms. The number of esters is 1. The van der Waals surface area contributed by atoms with Crippen LogP contribution in [0.4, 0.5) is 17.1 Å². The zero-order valence-corrected chi connectivity index (χ0v) is 32.7. The molecule has 4 aliphatic heterocycles. The fraction of sp³-hybridized carbons (Fsp3) is 0.267.